The Kier molecular flexibility index (Phi) is 4.72. The summed E-state index contributed by atoms with van der Waals surface area (Å²) in [7, 11) is 0. The van der Waals surface area contributed by atoms with Gasteiger partial charge >= 0.3 is 5.97 Å². The van der Waals surface area contributed by atoms with Crippen molar-refractivity contribution in [1.29, 1.82) is 5.26 Å². The molecule has 2 unspecified atom stereocenters. The van der Waals surface area contributed by atoms with Gasteiger partial charge in [-0.2, -0.15) is 5.26 Å². The molecule has 0 saturated carbocycles. The van der Waals surface area contributed by atoms with E-state index in [9.17, 15) is 10.1 Å². The molecule has 0 radical (unpaired) electrons. The summed E-state index contributed by atoms with van der Waals surface area (Å²) in [5.41, 5.74) is 0.0182. The molecule has 1 fully saturated rings. The molecule has 0 amide bonds. The lowest BCUT2D eigenvalue weighted by Crippen LogP contribution is -2.32. The lowest BCUT2D eigenvalue weighted by atomic mass is 10.0. The Bertz CT molecular complexity index is 496. The van der Waals surface area contributed by atoms with E-state index >= 15 is 0 Å². The average Bonchev–Trinajstić information content (AvgIpc) is 2.83. The van der Waals surface area contributed by atoms with Crippen molar-refractivity contribution in [2.75, 3.05) is 13.2 Å². The standard InChI is InChI=1S/C15H17NO4/c1-12(17)20-14-7-15(10-16,19-9-14)11-18-8-13-5-3-2-4-6-13/h2-6,14H,7-9,11H2,1H3. The Morgan fingerprint density at radius 3 is 2.90 bits per heavy atom. The Balaban J connectivity index is 1.84. The highest BCUT2D eigenvalue weighted by Crippen LogP contribution is 2.28. The van der Waals surface area contributed by atoms with Crippen LogP contribution in [0.4, 0.5) is 0 Å². The van der Waals surface area contributed by atoms with Crippen molar-refractivity contribution in [3.05, 3.63) is 35.9 Å². The Morgan fingerprint density at radius 1 is 1.50 bits per heavy atom. The number of carbonyl (C=O) groups excluding carboxylic acids is 1. The molecular weight excluding hydrogens is 258 g/mol. The van der Waals surface area contributed by atoms with E-state index in [1.54, 1.807) is 0 Å². The molecule has 0 bridgehead atoms. The van der Waals surface area contributed by atoms with Gasteiger partial charge < -0.3 is 14.2 Å². The number of rotatable bonds is 5. The third-order valence-electron chi connectivity index (χ3n) is 3.09. The predicted molar refractivity (Wildman–Crippen MR) is 70.6 cm³/mol. The minimum atomic E-state index is -1.02. The van der Waals surface area contributed by atoms with Crippen LogP contribution in [-0.4, -0.2) is 30.9 Å². The van der Waals surface area contributed by atoms with E-state index < -0.39 is 5.60 Å². The van der Waals surface area contributed by atoms with Gasteiger partial charge in [0.15, 0.2) is 5.60 Å². The van der Waals surface area contributed by atoms with Crippen LogP contribution >= 0.6 is 0 Å². The minimum Gasteiger partial charge on any atom is -0.460 e. The van der Waals surface area contributed by atoms with Gasteiger partial charge in [-0.05, 0) is 5.56 Å². The number of ether oxygens (including phenoxy) is 3. The second-order valence-electron chi connectivity index (χ2n) is 4.83. The second-order valence-corrected chi connectivity index (χ2v) is 4.83. The second kappa shape index (κ2) is 6.51. The summed E-state index contributed by atoms with van der Waals surface area (Å²) in [5.74, 6) is -0.363. The zero-order valence-electron chi connectivity index (χ0n) is 11.4. The zero-order chi connectivity index (χ0) is 14.4. The van der Waals surface area contributed by atoms with E-state index in [-0.39, 0.29) is 25.3 Å². The summed E-state index contributed by atoms with van der Waals surface area (Å²) in [6.45, 7) is 2.17. The summed E-state index contributed by atoms with van der Waals surface area (Å²) in [6, 6.07) is 11.8. The maximum Gasteiger partial charge on any atom is 0.302 e. The van der Waals surface area contributed by atoms with E-state index in [1.165, 1.54) is 6.92 Å². The largest absolute Gasteiger partial charge is 0.460 e. The average molecular weight is 275 g/mol. The van der Waals surface area contributed by atoms with Crippen LogP contribution < -0.4 is 0 Å². The van der Waals surface area contributed by atoms with Crippen molar-refractivity contribution in [3.8, 4) is 6.07 Å². The van der Waals surface area contributed by atoms with Crippen molar-refractivity contribution in [1.82, 2.24) is 0 Å². The monoisotopic (exact) mass is 275 g/mol. The van der Waals surface area contributed by atoms with Crippen molar-refractivity contribution < 1.29 is 19.0 Å². The smallest absolute Gasteiger partial charge is 0.302 e. The topological polar surface area (TPSA) is 68.5 Å². The van der Waals surface area contributed by atoms with E-state index in [0.29, 0.717) is 13.0 Å². The van der Waals surface area contributed by atoms with Crippen LogP contribution in [0.5, 0.6) is 0 Å². The summed E-state index contributed by atoms with van der Waals surface area (Å²) in [5, 5.41) is 9.27. The molecule has 20 heavy (non-hydrogen) atoms. The molecule has 1 heterocycles. The van der Waals surface area contributed by atoms with E-state index in [1.807, 2.05) is 30.3 Å². The summed E-state index contributed by atoms with van der Waals surface area (Å²) >= 11 is 0. The Morgan fingerprint density at radius 2 is 2.25 bits per heavy atom. The molecule has 0 N–H and O–H groups in total. The van der Waals surface area contributed by atoms with Crippen molar-refractivity contribution in [3.63, 3.8) is 0 Å². The first-order valence-corrected chi connectivity index (χ1v) is 6.48. The number of carbonyl (C=O) groups is 1. The lowest BCUT2D eigenvalue weighted by Gasteiger charge is -2.19. The maximum absolute atomic E-state index is 10.9. The Hall–Kier alpha value is -1.90. The highest BCUT2D eigenvalue weighted by atomic mass is 16.6. The number of nitriles is 1. The fraction of sp³-hybridized carbons (Fsp3) is 0.467. The van der Waals surface area contributed by atoms with Crippen LogP contribution in [0.2, 0.25) is 0 Å². The van der Waals surface area contributed by atoms with Crippen LogP contribution in [0, 0.1) is 11.3 Å². The van der Waals surface area contributed by atoms with Crippen LogP contribution in [0.25, 0.3) is 0 Å². The van der Waals surface area contributed by atoms with Crippen molar-refractivity contribution >= 4 is 5.97 Å². The van der Waals surface area contributed by atoms with Gasteiger partial charge in [-0.25, -0.2) is 0 Å². The van der Waals surface area contributed by atoms with E-state index in [0.717, 1.165) is 5.56 Å². The summed E-state index contributed by atoms with van der Waals surface area (Å²) in [6.07, 6.45) is -0.0230. The third kappa shape index (κ3) is 3.80. The molecule has 2 atom stereocenters. The molecule has 0 spiro atoms. The quantitative estimate of drug-likeness (QED) is 0.767. The maximum atomic E-state index is 10.9. The Labute approximate surface area is 118 Å². The van der Waals surface area contributed by atoms with Gasteiger partial charge in [0.1, 0.15) is 12.2 Å². The number of hydrogen-bond acceptors (Lipinski definition) is 5. The third-order valence-corrected chi connectivity index (χ3v) is 3.09. The van der Waals surface area contributed by atoms with Gasteiger partial charge in [-0.15, -0.1) is 0 Å². The highest BCUT2D eigenvalue weighted by molar-refractivity contribution is 5.66. The number of nitrogens with zero attached hydrogens (tertiary/aromatic N) is 1. The van der Waals surface area contributed by atoms with Gasteiger partial charge in [-0.3, -0.25) is 4.79 Å². The van der Waals surface area contributed by atoms with Crippen LogP contribution in [0.1, 0.15) is 18.9 Å². The van der Waals surface area contributed by atoms with Crippen LogP contribution in [0.3, 0.4) is 0 Å². The molecule has 1 aromatic rings. The van der Waals surface area contributed by atoms with Gasteiger partial charge in [0, 0.05) is 13.3 Å². The van der Waals surface area contributed by atoms with Crippen molar-refractivity contribution in [2.24, 2.45) is 0 Å². The normalized spacial score (nSPS) is 25.1. The van der Waals surface area contributed by atoms with Gasteiger partial charge in [0.25, 0.3) is 0 Å². The van der Waals surface area contributed by atoms with Gasteiger partial charge in [0.05, 0.1) is 19.8 Å². The molecule has 5 nitrogen and oxygen atoms in total. The number of hydrogen-bond donors (Lipinski definition) is 0. The molecular formula is C15H17NO4. The molecule has 5 heteroatoms. The molecule has 1 aliphatic heterocycles. The molecule has 1 aliphatic rings. The van der Waals surface area contributed by atoms with Crippen LogP contribution in [0.15, 0.2) is 30.3 Å². The summed E-state index contributed by atoms with van der Waals surface area (Å²) < 4.78 is 16.1. The van der Waals surface area contributed by atoms with Crippen molar-refractivity contribution in [2.45, 2.75) is 31.7 Å². The van der Waals surface area contributed by atoms with E-state index in [4.69, 9.17) is 14.2 Å². The SMILES string of the molecule is CC(=O)OC1COC(C#N)(COCc2ccccc2)C1. The summed E-state index contributed by atoms with van der Waals surface area (Å²) in [4.78, 5) is 10.9. The highest BCUT2D eigenvalue weighted by Gasteiger charge is 2.42. The molecule has 0 aromatic heterocycles. The number of esters is 1. The minimum absolute atomic E-state index is 0.163. The molecule has 106 valence electrons. The zero-order valence-corrected chi connectivity index (χ0v) is 11.4. The predicted octanol–water partition coefficient (Wildman–Crippen LogP) is 1.82. The molecule has 1 aromatic carbocycles. The molecule has 1 saturated heterocycles. The van der Waals surface area contributed by atoms with Crippen LogP contribution in [-0.2, 0) is 25.6 Å². The molecule has 0 aliphatic carbocycles. The van der Waals surface area contributed by atoms with E-state index in [2.05, 4.69) is 6.07 Å². The number of benzene rings is 1. The first kappa shape index (κ1) is 14.5. The first-order chi connectivity index (χ1) is 9.63. The fourth-order valence-electron chi connectivity index (χ4n) is 2.17. The fourth-order valence-corrected chi connectivity index (χ4v) is 2.17. The van der Waals surface area contributed by atoms with Gasteiger partial charge in [-0.1, -0.05) is 30.3 Å². The van der Waals surface area contributed by atoms with Gasteiger partial charge in [0.2, 0.25) is 0 Å². The lowest BCUT2D eigenvalue weighted by molar-refractivity contribution is -0.146. The molecule has 2 rings (SSSR count). The first-order valence-electron chi connectivity index (χ1n) is 6.48.